The minimum atomic E-state index is -0.569. The second-order valence-electron chi connectivity index (χ2n) is 10.7. The lowest BCUT2D eigenvalue weighted by atomic mass is 9.40. The predicted molar refractivity (Wildman–Crippen MR) is 89.7 cm³/mol. The van der Waals surface area contributed by atoms with E-state index in [0.29, 0.717) is 11.8 Å². The van der Waals surface area contributed by atoms with Crippen LogP contribution in [0.4, 0.5) is 0 Å². The summed E-state index contributed by atoms with van der Waals surface area (Å²) in [5, 5.41) is 32.6. The molecule has 0 unspecified atom stereocenters. The lowest BCUT2D eigenvalue weighted by Gasteiger charge is -2.66. The molecule has 0 aromatic rings. The van der Waals surface area contributed by atoms with E-state index in [4.69, 9.17) is 0 Å². The van der Waals surface area contributed by atoms with Gasteiger partial charge in [-0.3, -0.25) is 0 Å². The highest BCUT2D eigenvalue weighted by atomic mass is 16.3. The molecule has 4 aliphatic carbocycles. The molecule has 0 heterocycles. The fraction of sp³-hybridized carbons (Fsp3) is 1.00. The molecule has 0 radical (unpaired) electrons. The molecule has 0 amide bonds. The van der Waals surface area contributed by atoms with Crippen LogP contribution in [0.2, 0.25) is 0 Å². The van der Waals surface area contributed by atoms with Gasteiger partial charge in [0.25, 0.3) is 0 Å². The van der Waals surface area contributed by atoms with Crippen molar-refractivity contribution in [3.05, 3.63) is 0 Å². The van der Waals surface area contributed by atoms with Crippen molar-refractivity contribution in [3.8, 4) is 0 Å². The molecule has 0 saturated heterocycles. The third kappa shape index (κ3) is 2.05. The maximum absolute atomic E-state index is 11.2. The Hall–Kier alpha value is -0.120. The van der Waals surface area contributed by atoms with Gasteiger partial charge in [-0.05, 0) is 85.9 Å². The molecule has 4 aliphatic rings. The number of fused-ring (bicyclic) bond motifs is 3. The average molecular weight is 322 g/mol. The molecule has 0 aromatic heterocycles. The van der Waals surface area contributed by atoms with Crippen molar-refractivity contribution in [3.63, 3.8) is 0 Å². The van der Waals surface area contributed by atoms with E-state index in [1.807, 2.05) is 6.92 Å². The fourth-order valence-corrected chi connectivity index (χ4v) is 8.51. The lowest BCUT2D eigenvalue weighted by Crippen LogP contribution is -2.63. The van der Waals surface area contributed by atoms with Crippen LogP contribution in [-0.2, 0) is 0 Å². The number of rotatable bonds is 0. The SMILES string of the molecule is CC1(C)C[C@H](O)C[C@@]2(C)[C@H]1[C@@H](O)C[C@]13C[C@@H](CC[C@@H]12)[C@@](C)(O)C3. The highest BCUT2D eigenvalue weighted by molar-refractivity contribution is 5.18. The zero-order valence-corrected chi connectivity index (χ0v) is 15.2. The molecule has 2 bridgehead atoms. The summed E-state index contributed by atoms with van der Waals surface area (Å²) in [6.07, 6.45) is 6.08. The number of aliphatic hydroxyl groups excluding tert-OH is 2. The van der Waals surface area contributed by atoms with Crippen LogP contribution in [0.3, 0.4) is 0 Å². The predicted octanol–water partition coefficient (Wildman–Crippen LogP) is 3.11. The quantitative estimate of drug-likeness (QED) is 0.642. The van der Waals surface area contributed by atoms with E-state index in [9.17, 15) is 15.3 Å². The number of hydrogen-bond acceptors (Lipinski definition) is 3. The molecule has 4 rings (SSSR count). The van der Waals surface area contributed by atoms with Gasteiger partial charge in [0.2, 0.25) is 0 Å². The number of aliphatic hydroxyl groups is 3. The Balaban J connectivity index is 1.79. The topological polar surface area (TPSA) is 60.7 Å². The normalized spacial score (nSPS) is 60.9. The molecule has 3 N–H and O–H groups in total. The fourth-order valence-electron chi connectivity index (χ4n) is 8.51. The van der Waals surface area contributed by atoms with Crippen molar-refractivity contribution in [2.45, 2.75) is 90.4 Å². The van der Waals surface area contributed by atoms with Crippen molar-refractivity contribution in [1.82, 2.24) is 0 Å². The second-order valence-corrected chi connectivity index (χ2v) is 10.7. The average Bonchev–Trinajstić information content (AvgIpc) is 2.51. The van der Waals surface area contributed by atoms with Gasteiger partial charge in [0.15, 0.2) is 0 Å². The van der Waals surface area contributed by atoms with E-state index in [0.717, 1.165) is 44.9 Å². The van der Waals surface area contributed by atoms with Crippen molar-refractivity contribution in [1.29, 1.82) is 0 Å². The smallest absolute Gasteiger partial charge is 0.0653 e. The van der Waals surface area contributed by atoms with Crippen molar-refractivity contribution in [2.75, 3.05) is 0 Å². The first-order valence-electron chi connectivity index (χ1n) is 9.59. The Kier molecular flexibility index (Phi) is 3.22. The Morgan fingerprint density at radius 2 is 1.57 bits per heavy atom. The van der Waals surface area contributed by atoms with E-state index in [1.54, 1.807) is 0 Å². The summed E-state index contributed by atoms with van der Waals surface area (Å²) in [6.45, 7) is 8.81. The Morgan fingerprint density at radius 3 is 2.26 bits per heavy atom. The molecule has 3 heteroatoms. The molecule has 0 aromatic carbocycles. The molecule has 4 saturated carbocycles. The van der Waals surface area contributed by atoms with Crippen LogP contribution in [0.25, 0.3) is 0 Å². The summed E-state index contributed by atoms with van der Waals surface area (Å²) in [4.78, 5) is 0. The van der Waals surface area contributed by atoms with Gasteiger partial charge in [0.05, 0.1) is 17.8 Å². The molecule has 132 valence electrons. The standard InChI is InChI=1S/C20H34O3/c1-17(2)8-13(21)9-18(3)15-6-5-12-7-20(15,11-19(12,4)23)10-14(22)16(17)18/h12-16,21-23H,5-11H2,1-4H3/t12-,13+,14+,15-,16+,18-,19+,20+/m1/s1. The van der Waals surface area contributed by atoms with Gasteiger partial charge in [0.1, 0.15) is 0 Å². The van der Waals surface area contributed by atoms with Gasteiger partial charge in [0, 0.05) is 0 Å². The van der Waals surface area contributed by atoms with Crippen molar-refractivity contribution in [2.24, 2.45) is 34.0 Å². The first-order valence-corrected chi connectivity index (χ1v) is 9.59. The van der Waals surface area contributed by atoms with E-state index in [1.165, 1.54) is 0 Å². The van der Waals surface area contributed by atoms with Gasteiger partial charge in [-0.15, -0.1) is 0 Å². The summed E-state index contributed by atoms with van der Waals surface area (Å²) in [7, 11) is 0. The molecule has 3 nitrogen and oxygen atoms in total. The van der Waals surface area contributed by atoms with E-state index in [2.05, 4.69) is 20.8 Å². The molecule has 1 spiro atoms. The third-order valence-electron chi connectivity index (χ3n) is 8.57. The van der Waals surface area contributed by atoms with Crippen LogP contribution in [0.5, 0.6) is 0 Å². The van der Waals surface area contributed by atoms with E-state index >= 15 is 0 Å². The van der Waals surface area contributed by atoms with Crippen LogP contribution >= 0.6 is 0 Å². The molecule has 4 fully saturated rings. The van der Waals surface area contributed by atoms with Crippen molar-refractivity contribution >= 4 is 0 Å². The Labute approximate surface area is 140 Å². The highest BCUT2D eigenvalue weighted by Crippen LogP contribution is 2.72. The maximum atomic E-state index is 11.2. The number of hydrogen-bond donors (Lipinski definition) is 3. The van der Waals surface area contributed by atoms with Crippen LogP contribution in [0.1, 0.15) is 72.6 Å². The monoisotopic (exact) mass is 322 g/mol. The van der Waals surface area contributed by atoms with Crippen LogP contribution in [-0.4, -0.2) is 33.1 Å². The van der Waals surface area contributed by atoms with Crippen molar-refractivity contribution < 1.29 is 15.3 Å². The Bertz CT molecular complexity index is 513. The van der Waals surface area contributed by atoms with Crippen LogP contribution in [0, 0.1) is 34.0 Å². The summed E-state index contributed by atoms with van der Waals surface area (Å²) in [5.74, 6) is 1.19. The lowest BCUT2D eigenvalue weighted by molar-refractivity contribution is -0.216. The van der Waals surface area contributed by atoms with Gasteiger partial charge in [-0.1, -0.05) is 20.8 Å². The van der Waals surface area contributed by atoms with Gasteiger partial charge >= 0.3 is 0 Å². The van der Waals surface area contributed by atoms with Gasteiger partial charge in [-0.2, -0.15) is 0 Å². The Morgan fingerprint density at radius 1 is 0.870 bits per heavy atom. The first-order chi connectivity index (χ1) is 10.5. The zero-order chi connectivity index (χ0) is 16.8. The molecule has 23 heavy (non-hydrogen) atoms. The maximum Gasteiger partial charge on any atom is 0.0653 e. The van der Waals surface area contributed by atoms with Gasteiger partial charge in [-0.25, -0.2) is 0 Å². The highest BCUT2D eigenvalue weighted by Gasteiger charge is 2.69. The molecule has 8 atom stereocenters. The van der Waals surface area contributed by atoms with E-state index < -0.39 is 5.60 Å². The summed E-state index contributed by atoms with van der Waals surface area (Å²) in [6, 6.07) is 0. The summed E-state index contributed by atoms with van der Waals surface area (Å²) < 4.78 is 0. The largest absolute Gasteiger partial charge is 0.393 e. The molecular formula is C20H34O3. The van der Waals surface area contributed by atoms with E-state index in [-0.39, 0.29) is 34.4 Å². The van der Waals surface area contributed by atoms with Gasteiger partial charge < -0.3 is 15.3 Å². The van der Waals surface area contributed by atoms with Crippen LogP contribution < -0.4 is 0 Å². The zero-order valence-electron chi connectivity index (χ0n) is 15.2. The second kappa shape index (κ2) is 4.53. The summed E-state index contributed by atoms with van der Waals surface area (Å²) >= 11 is 0. The minimum Gasteiger partial charge on any atom is -0.393 e. The molecule has 0 aliphatic heterocycles. The summed E-state index contributed by atoms with van der Waals surface area (Å²) in [5.41, 5.74) is -0.514. The third-order valence-corrected chi connectivity index (χ3v) is 8.57. The minimum absolute atomic E-state index is 0.00970. The first kappa shape index (κ1) is 16.4. The molecular weight excluding hydrogens is 288 g/mol. The van der Waals surface area contributed by atoms with Crippen LogP contribution in [0.15, 0.2) is 0 Å².